The Kier molecular flexibility index (Phi) is 4.04. The van der Waals surface area contributed by atoms with Gasteiger partial charge in [-0.1, -0.05) is 78.9 Å². The second-order valence-corrected chi connectivity index (χ2v) is 5.79. The van der Waals surface area contributed by atoms with Crippen LogP contribution in [0.15, 0.2) is 84.5 Å². The minimum atomic E-state index is -1.16. The van der Waals surface area contributed by atoms with Crippen molar-refractivity contribution in [1.29, 1.82) is 0 Å². The van der Waals surface area contributed by atoms with Crippen LogP contribution < -0.4 is 11.5 Å². The standard InChI is InChI=1S/C20H18N2O2/c21-18(23)16-12-7-13-20(19(22)24,15-10-5-2-6-11-15)17(16)14-8-3-1-4-9-14/h1-13,17H,(H2,21,23)(H2,22,24). The summed E-state index contributed by atoms with van der Waals surface area (Å²) >= 11 is 0. The molecule has 2 amide bonds. The van der Waals surface area contributed by atoms with Crippen LogP contribution in [0.4, 0.5) is 0 Å². The maximum Gasteiger partial charge on any atom is 0.245 e. The average molecular weight is 318 g/mol. The lowest BCUT2D eigenvalue weighted by molar-refractivity contribution is -0.122. The molecule has 0 spiro atoms. The lowest BCUT2D eigenvalue weighted by atomic mass is 9.62. The molecule has 0 bridgehead atoms. The molecule has 0 aliphatic heterocycles. The van der Waals surface area contributed by atoms with Crippen molar-refractivity contribution < 1.29 is 9.59 Å². The molecule has 0 saturated carbocycles. The number of carbonyl (C=O) groups is 2. The predicted molar refractivity (Wildman–Crippen MR) is 92.9 cm³/mol. The van der Waals surface area contributed by atoms with Gasteiger partial charge in [0.15, 0.2) is 0 Å². The SMILES string of the molecule is NC(=O)C1=CC=CC(C(N)=O)(c2ccccc2)C1c1ccccc1. The van der Waals surface area contributed by atoms with E-state index in [4.69, 9.17) is 11.5 Å². The highest BCUT2D eigenvalue weighted by Crippen LogP contribution is 2.46. The van der Waals surface area contributed by atoms with Gasteiger partial charge in [-0.3, -0.25) is 9.59 Å². The molecular formula is C20H18N2O2. The number of primary amides is 2. The fraction of sp³-hybridized carbons (Fsp3) is 0.100. The Morgan fingerprint density at radius 1 is 0.875 bits per heavy atom. The molecule has 2 atom stereocenters. The zero-order valence-electron chi connectivity index (χ0n) is 13.1. The van der Waals surface area contributed by atoms with E-state index < -0.39 is 23.1 Å². The van der Waals surface area contributed by atoms with E-state index in [2.05, 4.69) is 0 Å². The van der Waals surface area contributed by atoms with Crippen LogP contribution in [0.25, 0.3) is 0 Å². The number of allylic oxidation sites excluding steroid dienone is 2. The second-order valence-electron chi connectivity index (χ2n) is 5.79. The zero-order valence-corrected chi connectivity index (χ0v) is 13.1. The Hall–Kier alpha value is -3.14. The van der Waals surface area contributed by atoms with Gasteiger partial charge in [-0.25, -0.2) is 0 Å². The first-order valence-electron chi connectivity index (χ1n) is 7.67. The number of rotatable bonds is 4. The largest absolute Gasteiger partial charge is 0.369 e. The molecule has 0 fully saturated rings. The smallest absolute Gasteiger partial charge is 0.245 e. The summed E-state index contributed by atoms with van der Waals surface area (Å²) in [6.45, 7) is 0. The number of carbonyl (C=O) groups excluding carboxylic acids is 2. The van der Waals surface area contributed by atoms with Gasteiger partial charge < -0.3 is 11.5 Å². The van der Waals surface area contributed by atoms with Gasteiger partial charge in [0.05, 0.1) is 0 Å². The third kappa shape index (κ3) is 2.42. The molecule has 1 aliphatic carbocycles. The van der Waals surface area contributed by atoms with Crippen molar-refractivity contribution >= 4 is 11.8 Å². The zero-order chi connectivity index (χ0) is 17.2. The van der Waals surface area contributed by atoms with Crippen LogP contribution in [0, 0.1) is 0 Å². The van der Waals surface area contributed by atoms with Crippen LogP contribution >= 0.6 is 0 Å². The third-order valence-electron chi connectivity index (χ3n) is 4.48. The first-order valence-corrected chi connectivity index (χ1v) is 7.67. The van der Waals surface area contributed by atoms with Crippen molar-refractivity contribution in [1.82, 2.24) is 0 Å². The van der Waals surface area contributed by atoms with Crippen LogP contribution in [0.2, 0.25) is 0 Å². The molecule has 0 heterocycles. The fourth-order valence-electron chi connectivity index (χ4n) is 3.40. The lowest BCUT2D eigenvalue weighted by Crippen LogP contribution is -2.47. The molecule has 4 nitrogen and oxygen atoms in total. The van der Waals surface area contributed by atoms with Crippen molar-refractivity contribution in [3.8, 4) is 0 Å². The lowest BCUT2D eigenvalue weighted by Gasteiger charge is -2.39. The van der Waals surface area contributed by atoms with E-state index >= 15 is 0 Å². The molecule has 0 saturated heterocycles. The van der Waals surface area contributed by atoms with Crippen LogP contribution in [-0.2, 0) is 15.0 Å². The van der Waals surface area contributed by atoms with Crippen molar-refractivity contribution in [2.75, 3.05) is 0 Å². The third-order valence-corrected chi connectivity index (χ3v) is 4.48. The van der Waals surface area contributed by atoms with Crippen molar-refractivity contribution in [3.05, 3.63) is 95.6 Å². The highest BCUT2D eigenvalue weighted by molar-refractivity contribution is 6.00. The summed E-state index contributed by atoms with van der Waals surface area (Å²) in [5, 5.41) is 0. The first kappa shape index (κ1) is 15.7. The summed E-state index contributed by atoms with van der Waals surface area (Å²) in [6.07, 6.45) is 5.09. The fourth-order valence-corrected chi connectivity index (χ4v) is 3.40. The molecule has 2 aromatic carbocycles. The van der Waals surface area contributed by atoms with Crippen molar-refractivity contribution in [2.24, 2.45) is 11.5 Å². The van der Waals surface area contributed by atoms with Gasteiger partial charge >= 0.3 is 0 Å². The van der Waals surface area contributed by atoms with Crippen molar-refractivity contribution in [2.45, 2.75) is 11.3 Å². The molecule has 24 heavy (non-hydrogen) atoms. The molecule has 1 aliphatic rings. The molecule has 0 aromatic heterocycles. The highest BCUT2D eigenvalue weighted by Gasteiger charge is 2.48. The topological polar surface area (TPSA) is 86.2 Å². The number of amides is 2. The summed E-state index contributed by atoms with van der Waals surface area (Å²) in [7, 11) is 0. The van der Waals surface area contributed by atoms with Gasteiger partial charge in [0, 0.05) is 11.5 Å². The van der Waals surface area contributed by atoms with Crippen molar-refractivity contribution in [3.63, 3.8) is 0 Å². The van der Waals surface area contributed by atoms with Gasteiger partial charge in [0.1, 0.15) is 5.41 Å². The summed E-state index contributed by atoms with van der Waals surface area (Å²) < 4.78 is 0. The van der Waals surface area contributed by atoms with Gasteiger partial charge in [-0.05, 0) is 11.1 Å². The Morgan fingerprint density at radius 2 is 1.46 bits per heavy atom. The number of benzene rings is 2. The molecule has 4 heteroatoms. The van der Waals surface area contributed by atoms with Crippen LogP contribution in [-0.4, -0.2) is 11.8 Å². The molecule has 2 unspecified atom stereocenters. The Balaban J connectivity index is 2.30. The first-order chi connectivity index (χ1) is 11.6. The number of hydrogen-bond donors (Lipinski definition) is 2. The van der Waals surface area contributed by atoms with Gasteiger partial charge in [-0.15, -0.1) is 0 Å². The average Bonchev–Trinajstić information content (AvgIpc) is 2.62. The van der Waals surface area contributed by atoms with E-state index in [1.807, 2.05) is 60.7 Å². The number of hydrogen-bond acceptors (Lipinski definition) is 2. The minimum Gasteiger partial charge on any atom is -0.369 e. The predicted octanol–water partition coefficient (Wildman–Crippen LogP) is 2.18. The Bertz CT molecular complexity index is 825. The quantitative estimate of drug-likeness (QED) is 0.905. The van der Waals surface area contributed by atoms with E-state index in [0.717, 1.165) is 11.1 Å². The van der Waals surface area contributed by atoms with E-state index in [9.17, 15) is 9.59 Å². The van der Waals surface area contributed by atoms with E-state index in [1.54, 1.807) is 18.2 Å². The van der Waals surface area contributed by atoms with Crippen LogP contribution in [0.1, 0.15) is 17.0 Å². The molecule has 120 valence electrons. The Labute approximate surface area is 140 Å². The summed E-state index contributed by atoms with van der Waals surface area (Å²) in [5.41, 5.74) is 12.2. The Morgan fingerprint density at radius 3 is 2.00 bits per heavy atom. The highest BCUT2D eigenvalue weighted by atomic mass is 16.2. The number of nitrogens with two attached hydrogens (primary N) is 2. The van der Waals surface area contributed by atoms with Gasteiger partial charge in [0.25, 0.3) is 0 Å². The maximum atomic E-state index is 12.6. The normalized spacial score (nSPS) is 22.7. The molecule has 4 N–H and O–H groups in total. The molecule has 0 radical (unpaired) electrons. The summed E-state index contributed by atoms with van der Waals surface area (Å²) in [5.74, 6) is -1.65. The molecule has 2 aromatic rings. The minimum absolute atomic E-state index is 0.367. The van der Waals surface area contributed by atoms with E-state index in [0.29, 0.717) is 5.57 Å². The van der Waals surface area contributed by atoms with Crippen LogP contribution in [0.3, 0.4) is 0 Å². The maximum absolute atomic E-state index is 12.6. The van der Waals surface area contributed by atoms with E-state index in [1.165, 1.54) is 0 Å². The van der Waals surface area contributed by atoms with Crippen LogP contribution in [0.5, 0.6) is 0 Å². The molecular weight excluding hydrogens is 300 g/mol. The van der Waals surface area contributed by atoms with Gasteiger partial charge in [-0.2, -0.15) is 0 Å². The monoisotopic (exact) mass is 318 g/mol. The molecule has 3 rings (SSSR count). The summed E-state index contributed by atoms with van der Waals surface area (Å²) in [4.78, 5) is 24.7. The van der Waals surface area contributed by atoms with Gasteiger partial charge in [0.2, 0.25) is 11.8 Å². The van der Waals surface area contributed by atoms with E-state index in [-0.39, 0.29) is 0 Å². The summed E-state index contributed by atoms with van der Waals surface area (Å²) in [6, 6.07) is 18.6. The second kappa shape index (κ2) is 6.16.